The predicted octanol–water partition coefficient (Wildman–Crippen LogP) is 3.81. The van der Waals surface area contributed by atoms with Crippen molar-refractivity contribution in [3.8, 4) is 16.9 Å². The summed E-state index contributed by atoms with van der Waals surface area (Å²) < 4.78 is 19.0. The summed E-state index contributed by atoms with van der Waals surface area (Å²) in [5.74, 6) is -1.29. The lowest BCUT2D eigenvalue weighted by Crippen LogP contribution is -2.50. The van der Waals surface area contributed by atoms with Gasteiger partial charge in [-0.1, -0.05) is 18.2 Å². The highest BCUT2D eigenvalue weighted by Crippen LogP contribution is 2.48. The molecule has 1 aliphatic heterocycles. The van der Waals surface area contributed by atoms with Crippen LogP contribution in [0.4, 0.5) is 4.39 Å². The number of halogens is 1. The lowest BCUT2D eigenvalue weighted by molar-refractivity contribution is -0.144. The van der Waals surface area contributed by atoms with Crippen LogP contribution >= 0.6 is 0 Å². The number of methoxy groups -OCH3 is 1. The van der Waals surface area contributed by atoms with E-state index in [0.717, 1.165) is 16.7 Å². The van der Waals surface area contributed by atoms with Gasteiger partial charge >= 0.3 is 0 Å². The number of benzene rings is 2. The predicted molar refractivity (Wildman–Crippen MR) is 125 cm³/mol. The Labute approximate surface area is 198 Å². The van der Waals surface area contributed by atoms with Crippen LogP contribution in [-0.2, 0) is 14.4 Å². The summed E-state index contributed by atoms with van der Waals surface area (Å²) in [6.45, 7) is 4.17. The normalized spacial score (nSPS) is 19.4. The Kier molecular flexibility index (Phi) is 6.58. The van der Waals surface area contributed by atoms with Gasteiger partial charge in [0.1, 0.15) is 35.2 Å². The first kappa shape index (κ1) is 24.1. The number of ether oxygens (including phenoxy) is 1. The Hall–Kier alpha value is -3.06. The molecule has 0 bridgehead atoms. The summed E-state index contributed by atoms with van der Waals surface area (Å²) in [5, 5.41) is 9.57. The maximum atomic E-state index is 13.4. The maximum absolute atomic E-state index is 13.4. The van der Waals surface area contributed by atoms with Gasteiger partial charge in [-0.25, -0.2) is 4.39 Å². The van der Waals surface area contributed by atoms with Crippen molar-refractivity contribution in [2.24, 2.45) is 5.41 Å². The number of carbonyl (C=O) groups is 3. The van der Waals surface area contributed by atoms with Crippen molar-refractivity contribution in [1.82, 2.24) is 4.90 Å². The molecule has 34 heavy (non-hydrogen) atoms. The van der Waals surface area contributed by atoms with Gasteiger partial charge in [0.15, 0.2) is 0 Å². The Bertz CT molecular complexity index is 1100. The smallest absolute Gasteiger partial charge is 0.251 e. The molecule has 2 aliphatic rings. The van der Waals surface area contributed by atoms with Crippen LogP contribution in [0.15, 0.2) is 36.4 Å². The van der Waals surface area contributed by atoms with Gasteiger partial charge in [0.2, 0.25) is 0 Å². The number of aryl methyl sites for hydroxylation is 1. The standard InChI is InChI=1S/C27H30FNO5/c1-16-12-19(18-4-6-20(28)7-5-18)13-23(34-3)24(16)25-21(31)14-27(15-22(25)32)8-10-29(11-9-27)26(33)17(2)30/h4-7,12-13,17,25,30H,8-11,14-15H2,1-3H3. The van der Waals surface area contributed by atoms with Gasteiger partial charge in [0, 0.05) is 31.5 Å². The number of piperidine rings is 1. The number of aliphatic hydroxyl groups excluding tert-OH is 1. The second-order valence-corrected chi connectivity index (χ2v) is 9.64. The molecule has 1 saturated heterocycles. The fourth-order valence-electron chi connectivity index (χ4n) is 5.44. The Morgan fingerprint density at radius 1 is 1.09 bits per heavy atom. The maximum Gasteiger partial charge on any atom is 0.251 e. The third-order valence-corrected chi connectivity index (χ3v) is 7.27. The van der Waals surface area contributed by atoms with Crippen LogP contribution in [-0.4, -0.2) is 53.8 Å². The van der Waals surface area contributed by atoms with Gasteiger partial charge in [-0.3, -0.25) is 14.4 Å². The molecule has 6 nitrogen and oxygen atoms in total. The average Bonchev–Trinajstić information content (AvgIpc) is 2.80. The molecule has 1 amide bonds. The van der Waals surface area contributed by atoms with E-state index in [1.807, 2.05) is 13.0 Å². The summed E-state index contributed by atoms with van der Waals surface area (Å²) in [7, 11) is 1.51. The van der Waals surface area contributed by atoms with Gasteiger partial charge in [0.05, 0.1) is 7.11 Å². The molecule has 2 aromatic rings. The van der Waals surface area contributed by atoms with Gasteiger partial charge < -0.3 is 14.7 Å². The first-order valence-corrected chi connectivity index (χ1v) is 11.6. The Balaban J connectivity index is 1.58. The quantitative estimate of drug-likeness (QED) is 0.692. The number of nitrogens with zero attached hydrogens (tertiary/aromatic N) is 1. The molecule has 1 atom stereocenters. The van der Waals surface area contributed by atoms with Crippen molar-refractivity contribution >= 4 is 17.5 Å². The fourth-order valence-corrected chi connectivity index (χ4v) is 5.44. The van der Waals surface area contributed by atoms with E-state index in [1.165, 1.54) is 26.2 Å². The topological polar surface area (TPSA) is 83.9 Å². The second-order valence-electron chi connectivity index (χ2n) is 9.64. The highest BCUT2D eigenvalue weighted by Gasteiger charge is 2.48. The third-order valence-electron chi connectivity index (χ3n) is 7.27. The molecule has 1 unspecified atom stereocenters. The summed E-state index contributed by atoms with van der Waals surface area (Å²) in [6.07, 6.45) is 0.636. The molecule has 1 saturated carbocycles. The van der Waals surface area contributed by atoms with E-state index in [-0.39, 0.29) is 36.1 Å². The van der Waals surface area contributed by atoms with Crippen molar-refractivity contribution < 1.29 is 28.6 Å². The molecule has 1 aliphatic carbocycles. The zero-order valence-electron chi connectivity index (χ0n) is 19.8. The number of likely N-dealkylation sites (tertiary alicyclic amines) is 1. The molecule has 0 aromatic heterocycles. The number of carbonyl (C=O) groups excluding carboxylic acids is 3. The van der Waals surface area contributed by atoms with Crippen LogP contribution in [0.25, 0.3) is 11.1 Å². The van der Waals surface area contributed by atoms with E-state index in [9.17, 15) is 23.9 Å². The number of aliphatic hydroxyl groups is 1. The first-order valence-electron chi connectivity index (χ1n) is 11.6. The van der Waals surface area contributed by atoms with Gasteiger partial charge in [-0.2, -0.15) is 0 Å². The van der Waals surface area contributed by atoms with Crippen LogP contribution in [0.1, 0.15) is 49.7 Å². The number of ketones is 2. The van der Waals surface area contributed by atoms with Crippen LogP contribution < -0.4 is 4.74 Å². The SMILES string of the molecule is COc1cc(-c2ccc(F)cc2)cc(C)c1C1C(=O)CC2(CCN(C(=O)C(C)O)CC2)CC1=O. The number of rotatable bonds is 4. The number of Topliss-reactive ketones (excluding diaryl/α,β-unsaturated/α-hetero) is 2. The number of hydrogen-bond acceptors (Lipinski definition) is 5. The molecule has 2 aromatic carbocycles. The molecule has 4 rings (SSSR count). The van der Waals surface area contributed by atoms with Crippen molar-refractivity contribution in [1.29, 1.82) is 0 Å². The minimum Gasteiger partial charge on any atom is -0.496 e. The van der Waals surface area contributed by atoms with Crippen LogP contribution in [0.2, 0.25) is 0 Å². The van der Waals surface area contributed by atoms with Crippen LogP contribution in [0.5, 0.6) is 5.75 Å². The summed E-state index contributed by atoms with van der Waals surface area (Å²) >= 11 is 0. The summed E-state index contributed by atoms with van der Waals surface area (Å²) in [5.41, 5.74) is 2.57. The van der Waals surface area contributed by atoms with E-state index in [1.54, 1.807) is 23.1 Å². The summed E-state index contributed by atoms with van der Waals surface area (Å²) in [4.78, 5) is 40.5. The zero-order valence-corrected chi connectivity index (χ0v) is 19.8. The third kappa shape index (κ3) is 4.49. The first-order chi connectivity index (χ1) is 16.1. The fraction of sp³-hybridized carbons (Fsp3) is 0.444. The lowest BCUT2D eigenvalue weighted by Gasteiger charge is -2.45. The van der Waals surface area contributed by atoms with E-state index in [0.29, 0.717) is 37.2 Å². The molecule has 1 heterocycles. The molecular weight excluding hydrogens is 437 g/mol. The van der Waals surface area contributed by atoms with E-state index < -0.39 is 17.4 Å². The van der Waals surface area contributed by atoms with Crippen molar-refractivity contribution in [2.45, 2.75) is 51.6 Å². The van der Waals surface area contributed by atoms with Gasteiger partial charge in [-0.15, -0.1) is 0 Å². The molecule has 1 spiro atoms. The van der Waals surface area contributed by atoms with Crippen molar-refractivity contribution in [3.05, 3.63) is 53.3 Å². The largest absolute Gasteiger partial charge is 0.496 e. The average molecular weight is 468 g/mol. The number of hydrogen-bond donors (Lipinski definition) is 1. The monoisotopic (exact) mass is 467 g/mol. The Morgan fingerprint density at radius 2 is 1.68 bits per heavy atom. The van der Waals surface area contributed by atoms with Gasteiger partial charge in [0.25, 0.3) is 5.91 Å². The van der Waals surface area contributed by atoms with Crippen molar-refractivity contribution in [2.75, 3.05) is 20.2 Å². The van der Waals surface area contributed by atoms with E-state index in [2.05, 4.69) is 0 Å². The molecular formula is C27H30FNO5. The second kappa shape index (κ2) is 9.29. The zero-order chi connectivity index (χ0) is 24.6. The lowest BCUT2D eigenvalue weighted by atomic mass is 9.63. The molecule has 180 valence electrons. The highest BCUT2D eigenvalue weighted by atomic mass is 19.1. The van der Waals surface area contributed by atoms with Crippen molar-refractivity contribution in [3.63, 3.8) is 0 Å². The summed E-state index contributed by atoms with van der Waals surface area (Å²) in [6, 6.07) is 9.82. The van der Waals surface area contributed by atoms with E-state index >= 15 is 0 Å². The molecule has 1 N–H and O–H groups in total. The van der Waals surface area contributed by atoms with E-state index in [4.69, 9.17) is 4.74 Å². The van der Waals surface area contributed by atoms with Crippen LogP contribution in [0, 0.1) is 18.2 Å². The minimum absolute atomic E-state index is 0.123. The molecule has 7 heteroatoms. The van der Waals surface area contributed by atoms with Crippen LogP contribution in [0.3, 0.4) is 0 Å². The number of amides is 1. The Morgan fingerprint density at radius 3 is 2.21 bits per heavy atom. The van der Waals surface area contributed by atoms with Gasteiger partial charge in [-0.05, 0) is 67.0 Å². The molecule has 0 radical (unpaired) electrons. The minimum atomic E-state index is -1.05. The highest BCUT2D eigenvalue weighted by molar-refractivity contribution is 6.11. The molecule has 2 fully saturated rings.